The van der Waals surface area contributed by atoms with Crippen LogP contribution >= 0.6 is 0 Å². The molecule has 2 aliphatic carbocycles. The molecular weight excluding hydrogens is 280 g/mol. The predicted molar refractivity (Wildman–Crippen MR) is 100 cm³/mol. The van der Waals surface area contributed by atoms with Gasteiger partial charge in [-0.25, -0.2) is 0 Å². The topological polar surface area (TPSA) is 9.23 Å². The van der Waals surface area contributed by atoms with Gasteiger partial charge in [-0.2, -0.15) is 0 Å². The molecule has 0 aliphatic heterocycles. The van der Waals surface area contributed by atoms with Crippen molar-refractivity contribution in [1.29, 1.82) is 0 Å². The third kappa shape index (κ3) is 3.96. The smallest absolute Gasteiger partial charge is 0.118 e. The molecule has 1 fully saturated rings. The quantitative estimate of drug-likeness (QED) is 0.630. The van der Waals surface area contributed by atoms with Gasteiger partial charge in [0.1, 0.15) is 5.75 Å². The van der Waals surface area contributed by atoms with Gasteiger partial charge in [-0.3, -0.25) is 0 Å². The Bertz CT molecular complexity index is 554. The van der Waals surface area contributed by atoms with Crippen molar-refractivity contribution in [3.63, 3.8) is 0 Å². The fraction of sp³-hybridized carbons (Fsp3) is 0.455. The molecule has 0 N–H and O–H groups in total. The zero-order chi connectivity index (χ0) is 16.5. The van der Waals surface area contributed by atoms with E-state index in [1.165, 1.54) is 37.7 Å². The number of rotatable bonds is 3. The van der Waals surface area contributed by atoms with Crippen molar-refractivity contribution in [1.82, 2.24) is 0 Å². The predicted octanol–water partition coefficient (Wildman–Crippen LogP) is 6.37. The third-order valence-corrected chi connectivity index (χ3v) is 4.96. The van der Waals surface area contributed by atoms with Crippen LogP contribution in [-0.4, -0.2) is 7.11 Å². The van der Waals surface area contributed by atoms with Crippen LogP contribution in [0.15, 0.2) is 60.2 Å². The summed E-state index contributed by atoms with van der Waals surface area (Å²) in [6.45, 7) is 4.00. The monoisotopic (exact) mass is 310 g/mol. The van der Waals surface area contributed by atoms with Gasteiger partial charge in [0.2, 0.25) is 0 Å². The summed E-state index contributed by atoms with van der Waals surface area (Å²) in [6, 6.07) is 8.75. The fourth-order valence-corrected chi connectivity index (χ4v) is 3.79. The number of ether oxygens (including phenoxy) is 1. The van der Waals surface area contributed by atoms with Crippen molar-refractivity contribution in [2.75, 3.05) is 7.11 Å². The second kappa shape index (κ2) is 8.76. The van der Waals surface area contributed by atoms with Crippen molar-refractivity contribution in [2.45, 2.75) is 57.8 Å². The van der Waals surface area contributed by atoms with E-state index >= 15 is 0 Å². The highest BCUT2D eigenvalue weighted by Crippen LogP contribution is 2.46. The van der Waals surface area contributed by atoms with E-state index in [-0.39, 0.29) is 5.41 Å². The Morgan fingerprint density at radius 1 is 0.870 bits per heavy atom. The minimum atomic E-state index is 0.226. The molecule has 0 radical (unpaired) electrons. The maximum absolute atomic E-state index is 5.32. The molecular formula is C22H30O. The van der Waals surface area contributed by atoms with Crippen molar-refractivity contribution < 1.29 is 4.74 Å². The molecule has 0 amide bonds. The number of methoxy groups -OCH3 is 1. The minimum Gasteiger partial charge on any atom is -0.497 e. The van der Waals surface area contributed by atoms with Gasteiger partial charge in [0.25, 0.3) is 0 Å². The lowest BCUT2D eigenvalue weighted by Crippen LogP contribution is -2.31. The van der Waals surface area contributed by atoms with Crippen LogP contribution in [0.4, 0.5) is 0 Å². The number of allylic oxidation sites excluding steroid dienone is 6. The molecule has 1 aromatic carbocycles. The van der Waals surface area contributed by atoms with E-state index in [0.717, 1.165) is 12.2 Å². The van der Waals surface area contributed by atoms with Gasteiger partial charge >= 0.3 is 0 Å². The first-order valence-corrected chi connectivity index (χ1v) is 9.02. The van der Waals surface area contributed by atoms with Gasteiger partial charge in [-0.05, 0) is 37.0 Å². The SMILES string of the molecule is CC.COc1ccc(C2(C3=CC=CC=CC3)CCCCC2)cc1. The molecule has 1 nitrogen and oxygen atoms in total. The normalized spacial score (nSPS) is 19.2. The molecule has 1 heteroatoms. The molecule has 23 heavy (non-hydrogen) atoms. The molecule has 1 aromatic rings. The largest absolute Gasteiger partial charge is 0.497 e. The summed E-state index contributed by atoms with van der Waals surface area (Å²) in [5, 5.41) is 0. The van der Waals surface area contributed by atoms with Crippen LogP contribution in [0.25, 0.3) is 0 Å². The Morgan fingerprint density at radius 3 is 2.22 bits per heavy atom. The van der Waals surface area contributed by atoms with Crippen molar-refractivity contribution in [3.05, 3.63) is 65.8 Å². The van der Waals surface area contributed by atoms with Crippen molar-refractivity contribution in [2.24, 2.45) is 0 Å². The van der Waals surface area contributed by atoms with Crippen molar-refractivity contribution >= 4 is 0 Å². The van der Waals surface area contributed by atoms with Crippen LogP contribution in [0, 0.1) is 0 Å². The molecule has 0 saturated heterocycles. The van der Waals surface area contributed by atoms with E-state index in [2.05, 4.69) is 54.6 Å². The lowest BCUT2D eigenvalue weighted by molar-refractivity contribution is 0.335. The molecule has 0 atom stereocenters. The molecule has 124 valence electrons. The summed E-state index contributed by atoms with van der Waals surface area (Å²) in [4.78, 5) is 0. The summed E-state index contributed by atoms with van der Waals surface area (Å²) in [6.07, 6.45) is 18.8. The second-order valence-electron chi connectivity index (χ2n) is 6.08. The highest BCUT2D eigenvalue weighted by atomic mass is 16.5. The summed E-state index contributed by atoms with van der Waals surface area (Å²) in [5.41, 5.74) is 3.25. The Labute approximate surface area is 141 Å². The Morgan fingerprint density at radius 2 is 1.57 bits per heavy atom. The molecule has 0 unspecified atom stereocenters. The number of hydrogen-bond acceptors (Lipinski definition) is 1. The van der Waals surface area contributed by atoms with Gasteiger partial charge in [0.05, 0.1) is 7.11 Å². The van der Waals surface area contributed by atoms with E-state index in [1.54, 1.807) is 12.7 Å². The maximum Gasteiger partial charge on any atom is 0.118 e. The first-order valence-electron chi connectivity index (χ1n) is 9.02. The zero-order valence-corrected chi connectivity index (χ0v) is 14.8. The Balaban J connectivity index is 0.000000924. The van der Waals surface area contributed by atoms with E-state index in [9.17, 15) is 0 Å². The van der Waals surface area contributed by atoms with E-state index in [4.69, 9.17) is 4.74 Å². The van der Waals surface area contributed by atoms with E-state index in [0.29, 0.717) is 0 Å². The summed E-state index contributed by atoms with van der Waals surface area (Å²) in [5.74, 6) is 0.944. The average molecular weight is 310 g/mol. The van der Waals surface area contributed by atoms with Gasteiger partial charge in [0, 0.05) is 5.41 Å². The Hall–Kier alpha value is -1.76. The molecule has 0 aromatic heterocycles. The summed E-state index contributed by atoms with van der Waals surface area (Å²) < 4.78 is 5.32. The molecule has 2 aliphatic rings. The first kappa shape index (κ1) is 17.6. The van der Waals surface area contributed by atoms with E-state index < -0.39 is 0 Å². The fourth-order valence-electron chi connectivity index (χ4n) is 3.79. The lowest BCUT2D eigenvalue weighted by Gasteiger charge is -2.40. The van der Waals surface area contributed by atoms with Gasteiger partial charge in [0.15, 0.2) is 0 Å². The van der Waals surface area contributed by atoms with Crippen LogP contribution in [0.5, 0.6) is 5.75 Å². The van der Waals surface area contributed by atoms with Gasteiger partial charge < -0.3 is 4.74 Å². The van der Waals surface area contributed by atoms with Crippen LogP contribution in [0.2, 0.25) is 0 Å². The third-order valence-electron chi connectivity index (χ3n) is 4.96. The molecule has 0 heterocycles. The zero-order valence-electron chi connectivity index (χ0n) is 14.8. The van der Waals surface area contributed by atoms with Crippen molar-refractivity contribution in [3.8, 4) is 5.75 Å². The molecule has 0 spiro atoms. The molecule has 0 bridgehead atoms. The maximum atomic E-state index is 5.32. The highest BCUT2D eigenvalue weighted by Gasteiger charge is 2.36. The lowest BCUT2D eigenvalue weighted by atomic mass is 9.64. The Kier molecular flexibility index (Phi) is 6.70. The number of benzene rings is 1. The van der Waals surface area contributed by atoms with Crippen LogP contribution < -0.4 is 4.74 Å². The molecule has 3 rings (SSSR count). The molecule has 1 saturated carbocycles. The van der Waals surface area contributed by atoms with Gasteiger partial charge in [-0.15, -0.1) is 0 Å². The van der Waals surface area contributed by atoms with Gasteiger partial charge in [-0.1, -0.05) is 81.2 Å². The van der Waals surface area contributed by atoms with E-state index in [1.807, 2.05) is 13.8 Å². The van der Waals surface area contributed by atoms with Crippen LogP contribution in [0.1, 0.15) is 57.9 Å². The van der Waals surface area contributed by atoms with Crippen LogP contribution in [-0.2, 0) is 5.41 Å². The first-order chi connectivity index (χ1) is 11.3. The van der Waals surface area contributed by atoms with Crippen LogP contribution in [0.3, 0.4) is 0 Å². The highest BCUT2D eigenvalue weighted by molar-refractivity contribution is 5.43. The second-order valence-corrected chi connectivity index (χ2v) is 6.08. The number of hydrogen-bond donors (Lipinski definition) is 0. The standard InChI is InChI=1S/C20H24O.C2H6/c1-21-19-13-11-18(12-14-19)20(15-7-4-8-16-20)17-9-5-2-3-6-10-17;1-2/h2-3,5-6,9,11-14H,4,7-8,10,15-16H2,1H3;1-2H3. The summed E-state index contributed by atoms with van der Waals surface area (Å²) >= 11 is 0. The minimum absolute atomic E-state index is 0.226. The average Bonchev–Trinajstić information content (AvgIpc) is 2.94. The summed E-state index contributed by atoms with van der Waals surface area (Å²) in [7, 11) is 1.73.